The third kappa shape index (κ3) is 6.13. The molecule has 1 unspecified atom stereocenters. The van der Waals surface area contributed by atoms with Gasteiger partial charge in [-0.2, -0.15) is 0 Å². The number of Topliss-reactive ketones (excluding diaryl/α,β-unsaturated/α-hetero) is 1. The van der Waals surface area contributed by atoms with Gasteiger partial charge in [0.25, 0.3) is 0 Å². The molecule has 1 heterocycles. The Kier molecular flexibility index (Phi) is 8.54. The van der Waals surface area contributed by atoms with Crippen molar-refractivity contribution in [2.24, 2.45) is 0 Å². The Balaban J connectivity index is 2.39. The molecule has 2 amide bonds. The first-order valence-corrected chi connectivity index (χ1v) is 10.3. The minimum absolute atomic E-state index is 0.0315. The second-order valence-corrected chi connectivity index (χ2v) is 8.07. The first-order chi connectivity index (χ1) is 14.2. The molecule has 0 fully saturated rings. The van der Waals surface area contributed by atoms with Gasteiger partial charge < -0.3 is 9.80 Å². The average molecular weight is 412 g/mol. The van der Waals surface area contributed by atoms with Crippen molar-refractivity contribution < 1.29 is 14.4 Å². The first-order valence-electron chi connectivity index (χ1n) is 10.3. The normalized spacial score (nSPS) is 19.0. The fourth-order valence-electron chi connectivity index (χ4n) is 3.71. The summed E-state index contributed by atoms with van der Waals surface area (Å²) in [5.74, 6) is -0.358. The van der Waals surface area contributed by atoms with Crippen LogP contribution in [0.2, 0.25) is 0 Å². The maximum atomic E-state index is 13.4. The highest BCUT2D eigenvalue weighted by Crippen LogP contribution is 2.19. The molecule has 30 heavy (non-hydrogen) atoms. The lowest BCUT2D eigenvalue weighted by molar-refractivity contribution is -0.148. The van der Waals surface area contributed by atoms with Crippen molar-refractivity contribution in [3.63, 3.8) is 0 Å². The van der Waals surface area contributed by atoms with E-state index in [-0.39, 0.29) is 30.2 Å². The van der Waals surface area contributed by atoms with Gasteiger partial charge in [0.05, 0.1) is 12.6 Å². The van der Waals surface area contributed by atoms with Crippen molar-refractivity contribution in [3.8, 4) is 0 Å². The van der Waals surface area contributed by atoms with Crippen molar-refractivity contribution >= 4 is 23.7 Å². The highest BCUT2D eigenvalue weighted by atomic mass is 16.2. The molecule has 0 aromatic heterocycles. The molecule has 0 saturated heterocycles. The molecule has 6 heteroatoms. The van der Waals surface area contributed by atoms with E-state index in [9.17, 15) is 14.4 Å². The van der Waals surface area contributed by atoms with Gasteiger partial charge in [-0.15, -0.1) is 0 Å². The number of nitrogens with zero attached hydrogens (tertiary/aromatic N) is 3. The SMILES string of the molecule is C=Cc1ccc(CC(C(=O)N(C)CC(C)=O)N2CC/C=C\C[C@H](N(C)C)C2=O)cc1. The van der Waals surface area contributed by atoms with E-state index in [4.69, 9.17) is 0 Å². The number of ketones is 1. The number of amides is 2. The van der Waals surface area contributed by atoms with Gasteiger partial charge in [-0.25, -0.2) is 0 Å². The maximum Gasteiger partial charge on any atom is 0.245 e. The van der Waals surface area contributed by atoms with Crippen LogP contribution in [0.3, 0.4) is 0 Å². The highest BCUT2D eigenvalue weighted by Gasteiger charge is 2.36. The second-order valence-electron chi connectivity index (χ2n) is 8.07. The minimum atomic E-state index is -0.662. The van der Waals surface area contributed by atoms with Gasteiger partial charge in [-0.1, -0.05) is 49.1 Å². The summed E-state index contributed by atoms with van der Waals surface area (Å²) in [7, 11) is 5.38. The molecule has 0 radical (unpaired) electrons. The van der Waals surface area contributed by atoms with Gasteiger partial charge in [0.15, 0.2) is 0 Å². The van der Waals surface area contributed by atoms with Gasteiger partial charge >= 0.3 is 0 Å². The predicted octanol–water partition coefficient (Wildman–Crippen LogP) is 2.40. The number of hydrogen-bond donors (Lipinski definition) is 0. The standard InChI is InChI=1S/C24H33N3O3/c1-6-19-11-13-20(14-12-19)16-22(23(29)26(5)17-18(2)28)27-15-9-7-8-10-21(24(27)30)25(3)4/h6-8,11-14,21-22H,1,9-10,15-17H2,2-5H3/b8-7-/t21-,22?/m0/s1. The molecule has 0 saturated carbocycles. The topological polar surface area (TPSA) is 60.9 Å². The van der Waals surface area contributed by atoms with Crippen molar-refractivity contribution in [1.82, 2.24) is 14.7 Å². The van der Waals surface area contributed by atoms with Crippen LogP contribution in [0.15, 0.2) is 43.0 Å². The van der Waals surface area contributed by atoms with Crippen LogP contribution in [0.1, 0.15) is 30.9 Å². The highest BCUT2D eigenvalue weighted by molar-refractivity contribution is 5.92. The number of benzene rings is 1. The fraction of sp³-hybridized carbons (Fsp3) is 0.458. The maximum absolute atomic E-state index is 13.4. The summed E-state index contributed by atoms with van der Waals surface area (Å²) < 4.78 is 0. The molecule has 0 bridgehead atoms. The van der Waals surface area contributed by atoms with E-state index < -0.39 is 6.04 Å². The zero-order chi connectivity index (χ0) is 22.3. The first kappa shape index (κ1) is 23.5. The Morgan fingerprint density at radius 1 is 1.20 bits per heavy atom. The van der Waals surface area contributed by atoms with E-state index in [0.717, 1.165) is 11.1 Å². The summed E-state index contributed by atoms with van der Waals surface area (Å²) in [6.45, 7) is 5.73. The molecule has 6 nitrogen and oxygen atoms in total. The summed E-state index contributed by atoms with van der Waals surface area (Å²) in [6, 6.07) is 6.83. The lowest BCUT2D eigenvalue weighted by Crippen LogP contribution is -2.56. The molecule has 1 aliphatic rings. The van der Waals surface area contributed by atoms with Crippen molar-refractivity contribution in [3.05, 3.63) is 54.1 Å². The molecular weight excluding hydrogens is 378 g/mol. The predicted molar refractivity (Wildman–Crippen MR) is 120 cm³/mol. The minimum Gasteiger partial charge on any atom is -0.337 e. The number of likely N-dealkylation sites (N-methyl/N-ethyl adjacent to an activating group) is 2. The Morgan fingerprint density at radius 3 is 2.43 bits per heavy atom. The Hall–Kier alpha value is -2.73. The molecule has 162 valence electrons. The van der Waals surface area contributed by atoms with Gasteiger partial charge in [-0.05, 0) is 45.0 Å². The number of carbonyl (C=O) groups is 3. The Bertz CT molecular complexity index is 798. The lowest BCUT2D eigenvalue weighted by atomic mass is 9.99. The quantitative estimate of drug-likeness (QED) is 0.617. The Labute approximate surface area is 179 Å². The van der Waals surface area contributed by atoms with E-state index in [1.165, 1.54) is 11.8 Å². The van der Waals surface area contributed by atoms with Crippen molar-refractivity contribution in [2.45, 2.75) is 38.3 Å². The van der Waals surface area contributed by atoms with Crippen LogP contribution >= 0.6 is 0 Å². The molecular formula is C24H33N3O3. The number of rotatable bonds is 8. The van der Waals surface area contributed by atoms with Crippen LogP contribution < -0.4 is 0 Å². The largest absolute Gasteiger partial charge is 0.337 e. The fourth-order valence-corrected chi connectivity index (χ4v) is 3.71. The molecule has 2 atom stereocenters. The van der Waals surface area contributed by atoms with E-state index in [1.807, 2.05) is 49.3 Å². The van der Waals surface area contributed by atoms with Crippen LogP contribution in [0.5, 0.6) is 0 Å². The van der Waals surface area contributed by atoms with Crippen LogP contribution in [0.25, 0.3) is 6.08 Å². The zero-order valence-corrected chi connectivity index (χ0v) is 18.5. The van der Waals surface area contributed by atoms with Gasteiger partial charge in [-0.3, -0.25) is 19.3 Å². The van der Waals surface area contributed by atoms with Gasteiger partial charge in [0, 0.05) is 20.0 Å². The molecule has 0 N–H and O–H groups in total. The van der Waals surface area contributed by atoms with E-state index in [1.54, 1.807) is 18.0 Å². The van der Waals surface area contributed by atoms with Crippen LogP contribution in [-0.2, 0) is 20.8 Å². The summed E-state index contributed by atoms with van der Waals surface area (Å²) in [5, 5.41) is 0. The van der Waals surface area contributed by atoms with E-state index in [0.29, 0.717) is 25.8 Å². The number of hydrogen-bond acceptors (Lipinski definition) is 4. The van der Waals surface area contributed by atoms with Crippen LogP contribution in [-0.4, -0.2) is 78.6 Å². The van der Waals surface area contributed by atoms with Crippen molar-refractivity contribution in [1.29, 1.82) is 0 Å². The van der Waals surface area contributed by atoms with Crippen molar-refractivity contribution in [2.75, 3.05) is 34.2 Å². The third-order valence-corrected chi connectivity index (χ3v) is 5.40. The third-order valence-electron chi connectivity index (χ3n) is 5.40. The number of carbonyl (C=O) groups excluding carboxylic acids is 3. The summed E-state index contributed by atoms with van der Waals surface area (Å²) in [4.78, 5) is 43.4. The molecule has 0 aliphatic carbocycles. The smallest absolute Gasteiger partial charge is 0.245 e. The Morgan fingerprint density at radius 2 is 1.87 bits per heavy atom. The second kappa shape index (κ2) is 10.9. The summed E-state index contributed by atoms with van der Waals surface area (Å²) >= 11 is 0. The van der Waals surface area contributed by atoms with Crippen LogP contribution in [0, 0.1) is 0 Å². The van der Waals surface area contributed by atoms with Gasteiger partial charge in [0.2, 0.25) is 11.8 Å². The van der Waals surface area contributed by atoms with E-state index >= 15 is 0 Å². The van der Waals surface area contributed by atoms with Crippen LogP contribution in [0.4, 0.5) is 0 Å². The average Bonchev–Trinajstić information content (AvgIpc) is 2.69. The summed E-state index contributed by atoms with van der Waals surface area (Å²) in [6.07, 6.45) is 7.57. The molecule has 2 rings (SSSR count). The lowest BCUT2D eigenvalue weighted by Gasteiger charge is -2.37. The van der Waals surface area contributed by atoms with Gasteiger partial charge in [0.1, 0.15) is 11.8 Å². The molecule has 0 spiro atoms. The monoisotopic (exact) mass is 411 g/mol. The molecule has 1 aromatic rings. The van der Waals surface area contributed by atoms with E-state index in [2.05, 4.69) is 12.7 Å². The summed E-state index contributed by atoms with van der Waals surface area (Å²) in [5.41, 5.74) is 1.96. The zero-order valence-electron chi connectivity index (χ0n) is 18.5. The molecule has 1 aromatic carbocycles. The molecule has 1 aliphatic heterocycles.